The van der Waals surface area contributed by atoms with E-state index in [9.17, 15) is 9.59 Å². The predicted octanol–water partition coefficient (Wildman–Crippen LogP) is 2.95. The molecule has 1 atom stereocenters. The van der Waals surface area contributed by atoms with Gasteiger partial charge in [-0.25, -0.2) is 9.47 Å². The number of nitrogen functional groups attached to an aromatic ring is 1. The highest BCUT2D eigenvalue weighted by molar-refractivity contribution is 8.00. The lowest BCUT2D eigenvalue weighted by atomic mass is 9.96. The van der Waals surface area contributed by atoms with E-state index in [4.69, 9.17) is 17.4 Å². The molecule has 0 saturated heterocycles. The van der Waals surface area contributed by atoms with Crippen molar-refractivity contribution in [1.29, 1.82) is 0 Å². The zero-order valence-electron chi connectivity index (χ0n) is 15.5. The molecule has 4 N–H and O–H groups in total. The van der Waals surface area contributed by atoms with Crippen molar-refractivity contribution in [3.63, 3.8) is 0 Å². The van der Waals surface area contributed by atoms with Gasteiger partial charge in [-0.1, -0.05) is 54.8 Å². The highest BCUT2D eigenvalue weighted by Crippen LogP contribution is 2.29. The van der Waals surface area contributed by atoms with Crippen LogP contribution in [0.1, 0.15) is 39.0 Å². The Morgan fingerprint density at radius 1 is 1.25 bits per heavy atom. The van der Waals surface area contributed by atoms with Crippen LogP contribution in [0.25, 0.3) is 11.4 Å². The topological polar surface area (TPSA) is 115 Å². The van der Waals surface area contributed by atoms with E-state index in [0.29, 0.717) is 21.6 Å². The van der Waals surface area contributed by atoms with Crippen LogP contribution in [0.4, 0.5) is 4.79 Å². The van der Waals surface area contributed by atoms with E-state index in [1.54, 1.807) is 19.1 Å². The number of nitrogens with two attached hydrogens (primary N) is 1. The molecule has 0 spiro atoms. The molecule has 10 heteroatoms. The molecule has 8 nitrogen and oxygen atoms in total. The van der Waals surface area contributed by atoms with E-state index in [0.717, 1.165) is 37.4 Å². The standard InChI is InChI=1S/C18H23ClN6O2S/c1-11(16(26)22-17(27)21-12-7-3-2-4-8-12)28-18-24-23-15(25(18)20)13-9-5-6-10-14(13)19/h5-6,9-12H,2-4,7-8,20H2,1H3,(H2,21,22,26,27)/t11-/m0/s1. The highest BCUT2D eigenvalue weighted by atomic mass is 35.5. The van der Waals surface area contributed by atoms with Crippen LogP contribution in [-0.4, -0.2) is 38.1 Å². The molecule has 1 heterocycles. The number of amides is 3. The smallest absolute Gasteiger partial charge is 0.321 e. The molecule has 3 amide bonds. The lowest BCUT2D eigenvalue weighted by Gasteiger charge is -2.22. The Labute approximate surface area is 172 Å². The average Bonchev–Trinajstić information content (AvgIpc) is 3.03. The SMILES string of the molecule is C[C@H](Sc1nnc(-c2ccccc2Cl)n1N)C(=O)NC(=O)NC1CCCCC1. The number of rotatable bonds is 5. The van der Waals surface area contributed by atoms with Crippen molar-refractivity contribution in [3.05, 3.63) is 29.3 Å². The Morgan fingerprint density at radius 3 is 2.68 bits per heavy atom. The summed E-state index contributed by atoms with van der Waals surface area (Å²) in [6, 6.07) is 6.83. The fourth-order valence-corrected chi connectivity index (χ4v) is 4.07. The summed E-state index contributed by atoms with van der Waals surface area (Å²) >= 11 is 7.30. The maximum absolute atomic E-state index is 12.3. The van der Waals surface area contributed by atoms with Crippen LogP contribution in [0.15, 0.2) is 29.4 Å². The fourth-order valence-electron chi connectivity index (χ4n) is 3.08. The molecule has 0 bridgehead atoms. The van der Waals surface area contributed by atoms with Gasteiger partial charge in [-0.05, 0) is 31.9 Å². The molecule has 0 aliphatic heterocycles. The van der Waals surface area contributed by atoms with Crippen molar-refractivity contribution in [1.82, 2.24) is 25.5 Å². The minimum absolute atomic E-state index is 0.134. The fraction of sp³-hybridized carbons (Fsp3) is 0.444. The number of nitrogens with zero attached hydrogens (tertiary/aromatic N) is 3. The second kappa shape index (κ2) is 9.29. The molecule has 150 valence electrons. The van der Waals surface area contributed by atoms with Gasteiger partial charge in [-0.3, -0.25) is 10.1 Å². The first kappa shape index (κ1) is 20.5. The Kier molecular flexibility index (Phi) is 6.79. The third-order valence-electron chi connectivity index (χ3n) is 4.61. The molecule has 3 rings (SSSR count). The number of imide groups is 1. The largest absolute Gasteiger partial charge is 0.335 e. The number of benzene rings is 1. The molecular formula is C18H23ClN6O2S. The molecule has 0 unspecified atom stereocenters. The average molecular weight is 423 g/mol. The molecule has 28 heavy (non-hydrogen) atoms. The molecule has 1 aliphatic carbocycles. The van der Waals surface area contributed by atoms with Crippen LogP contribution in [0.2, 0.25) is 5.02 Å². The van der Waals surface area contributed by atoms with Crippen molar-refractivity contribution < 1.29 is 9.59 Å². The summed E-state index contributed by atoms with van der Waals surface area (Å²) in [5, 5.41) is 13.6. The van der Waals surface area contributed by atoms with E-state index in [-0.39, 0.29) is 6.04 Å². The first-order chi connectivity index (χ1) is 13.5. The zero-order valence-corrected chi connectivity index (χ0v) is 17.1. The Morgan fingerprint density at radius 2 is 1.96 bits per heavy atom. The minimum atomic E-state index is -0.581. The summed E-state index contributed by atoms with van der Waals surface area (Å²) in [5.41, 5.74) is 0.648. The van der Waals surface area contributed by atoms with E-state index in [1.165, 1.54) is 11.1 Å². The molecular weight excluding hydrogens is 400 g/mol. The number of hydrogen-bond acceptors (Lipinski definition) is 6. The van der Waals surface area contributed by atoms with Gasteiger partial charge in [0.05, 0.1) is 10.3 Å². The Hall–Kier alpha value is -2.26. The van der Waals surface area contributed by atoms with Gasteiger partial charge in [-0.2, -0.15) is 0 Å². The van der Waals surface area contributed by atoms with Crippen molar-refractivity contribution in [2.75, 3.05) is 5.84 Å². The molecule has 1 aromatic heterocycles. The third-order valence-corrected chi connectivity index (χ3v) is 5.99. The van der Waals surface area contributed by atoms with Gasteiger partial charge in [0, 0.05) is 11.6 Å². The van der Waals surface area contributed by atoms with Crippen LogP contribution in [0.3, 0.4) is 0 Å². The van der Waals surface area contributed by atoms with Gasteiger partial charge >= 0.3 is 6.03 Å². The van der Waals surface area contributed by atoms with E-state index < -0.39 is 17.2 Å². The minimum Gasteiger partial charge on any atom is -0.335 e. The molecule has 0 radical (unpaired) electrons. The molecule has 1 aromatic carbocycles. The number of carbonyl (C=O) groups excluding carboxylic acids is 2. The summed E-state index contributed by atoms with van der Waals surface area (Å²) < 4.78 is 1.29. The summed E-state index contributed by atoms with van der Waals surface area (Å²) in [5.74, 6) is 6.06. The monoisotopic (exact) mass is 422 g/mol. The van der Waals surface area contributed by atoms with Crippen LogP contribution < -0.4 is 16.5 Å². The number of hydrogen-bond donors (Lipinski definition) is 3. The second-order valence-corrected chi connectivity index (χ2v) is 8.43. The number of halogens is 1. The van der Waals surface area contributed by atoms with Gasteiger partial charge in [0.1, 0.15) is 0 Å². The van der Waals surface area contributed by atoms with Crippen LogP contribution >= 0.6 is 23.4 Å². The molecule has 1 saturated carbocycles. The van der Waals surface area contributed by atoms with E-state index in [2.05, 4.69) is 20.8 Å². The number of nitrogens with one attached hydrogen (secondary N) is 2. The second-order valence-electron chi connectivity index (χ2n) is 6.71. The highest BCUT2D eigenvalue weighted by Gasteiger charge is 2.23. The predicted molar refractivity (Wildman–Crippen MR) is 109 cm³/mol. The number of urea groups is 1. The maximum atomic E-state index is 12.3. The maximum Gasteiger partial charge on any atom is 0.321 e. The summed E-state index contributed by atoms with van der Waals surface area (Å²) in [7, 11) is 0. The van der Waals surface area contributed by atoms with E-state index >= 15 is 0 Å². The molecule has 2 aromatic rings. The van der Waals surface area contributed by atoms with Gasteiger partial charge < -0.3 is 11.2 Å². The van der Waals surface area contributed by atoms with Crippen molar-refractivity contribution in [2.24, 2.45) is 0 Å². The van der Waals surface area contributed by atoms with E-state index in [1.807, 2.05) is 12.1 Å². The van der Waals surface area contributed by atoms with Crippen LogP contribution in [0, 0.1) is 0 Å². The van der Waals surface area contributed by atoms with Gasteiger partial charge in [0.15, 0.2) is 5.82 Å². The lowest BCUT2D eigenvalue weighted by molar-refractivity contribution is -0.119. The third kappa shape index (κ3) is 4.96. The number of thioether (sulfide) groups is 1. The van der Waals surface area contributed by atoms with Crippen LogP contribution in [-0.2, 0) is 4.79 Å². The van der Waals surface area contributed by atoms with Gasteiger partial charge in [-0.15, -0.1) is 10.2 Å². The van der Waals surface area contributed by atoms with Crippen molar-refractivity contribution in [2.45, 2.75) is 55.5 Å². The van der Waals surface area contributed by atoms with Crippen molar-refractivity contribution >= 4 is 35.3 Å². The first-order valence-electron chi connectivity index (χ1n) is 9.19. The summed E-state index contributed by atoms with van der Waals surface area (Å²) in [6.45, 7) is 1.68. The number of aromatic nitrogens is 3. The van der Waals surface area contributed by atoms with Crippen LogP contribution in [0.5, 0.6) is 0 Å². The Balaban J connectivity index is 1.58. The summed E-state index contributed by atoms with van der Waals surface area (Å²) in [4.78, 5) is 24.4. The molecule has 1 fully saturated rings. The quantitative estimate of drug-likeness (QED) is 0.504. The molecule has 1 aliphatic rings. The lowest BCUT2D eigenvalue weighted by Crippen LogP contribution is -2.47. The van der Waals surface area contributed by atoms with Crippen molar-refractivity contribution in [3.8, 4) is 11.4 Å². The van der Waals surface area contributed by atoms with Gasteiger partial charge in [0.2, 0.25) is 11.1 Å². The normalized spacial score (nSPS) is 15.8. The summed E-state index contributed by atoms with van der Waals surface area (Å²) in [6.07, 6.45) is 5.30. The zero-order chi connectivity index (χ0) is 20.1. The van der Waals surface area contributed by atoms with Gasteiger partial charge in [0.25, 0.3) is 0 Å². The Bertz CT molecular complexity index is 852. The first-order valence-corrected chi connectivity index (χ1v) is 10.4. The number of carbonyl (C=O) groups is 2.